The van der Waals surface area contributed by atoms with Crippen LogP contribution in [0.3, 0.4) is 0 Å². The molecular weight excluding hydrogens is 512 g/mol. The van der Waals surface area contributed by atoms with E-state index in [0.29, 0.717) is 19.4 Å². The number of esters is 1. The van der Waals surface area contributed by atoms with Gasteiger partial charge in [0, 0.05) is 34.5 Å². The van der Waals surface area contributed by atoms with Crippen LogP contribution in [0.1, 0.15) is 87.5 Å². The van der Waals surface area contributed by atoms with Crippen LogP contribution >= 0.6 is 11.8 Å². The number of aliphatic hydroxyl groups is 1. The number of aliphatic hydroxyl groups excluding tert-OH is 1. The van der Waals surface area contributed by atoms with Crippen molar-refractivity contribution in [1.29, 1.82) is 0 Å². The second-order valence-electron chi connectivity index (χ2n) is 14.1. The van der Waals surface area contributed by atoms with E-state index in [9.17, 15) is 19.5 Å². The molecule has 0 saturated heterocycles. The number of carbonyl (C=O) groups is 3. The zero-order valence-corrected chi connectivity index (χ0v) is 26.2. The maximum atomic E-state index is 13.5. The third-order valence-corrected chi connectivity index (χ3v) is 12.2. The van der Waals surface area contributed by atoms with Crippen LogP contribution < -0.4 is 11.1 Å². The van der Waals surface area contributed by atoms with Gasteiger partial charge < -0.3 is 20.9 Å². The van der Waals surface area contributed by atoms with Crippen LogP contribution in [0.15, 0.2) is 12.7 Å². The second-order valence-corrected chi connectivity index (χ2v) is 15.8. The minimum absolute atomic E-state index is 0.0382. The van der Waals surface area contributed by atoms with E-state index in [1.54, 1.807) is 0 Å². The topological polar surface area (TPSA) is 119 Å². The molecule has 1 amide bonds. The molecule has 2 unspecified atom stereocenters. The third kappa shape index (κ3) is 5.85. The van der Waals surface area contributed by atoms with Gasteiger partial charge in [0.05, 0.1) is 17.9 Å². The maximum Gasteiger partial charge on any atom is 0.316 e. The highest BCUT2D eigenvalue weighted by Crippen LogP contribution is 2.68. The normalized spacial score (nSPS) is 39.4. The molecule has 3 rings (SSSR count). The minimum atomic E-state index is -0.684. The first kappa shape index (κ1) is 32.1. The number of nitrogens with one attached hydrogen (secondary N) is 1. The Balaban J connectivity index is 1.82. The van der Waals surface area contributed by atoms with Gasteiger partial charge in [-0.15, -0.1) is 18.3 Å². The predicted octanol–water partition coefficient (Wildman–Crippen LogP) is 4.50. The molecule has 7 nitrogen and oxygen atoms in total. The summed E-state index contributed by atoms with van der Waals surface area (Å²) in [7, 11) is 0. The molecule has 222 valence electrons. The van der Waals surface area contributed by atoms with Gasteiger partial charge in [-0.25, -0.2) is 0 Å². The zero-order valence-electron chi connectivity index (χ0n) is 25.3. The average molecular weight is 565 g/mol. The summed E-state index contributed by atoms with van der Waals surface area (Å²) in [6.45, 7) is 20.7. The number of hydrogen-bond donors (Lipinski definition) is 3. The van der Waals surface area contributed by atoms with Crippen molar-refractivity contribution in [3.63, 3.8) is 0 Å². The van der Waals surface area contributed by atoms with Gasteiger partial charge in [-0.1, -0.05) is 47.6 Å². The largest absolute Gasteiger partial charge is 0.461 e. The van der Waals surface area contributed by atoms with Crippen molar-refractivity contribution in [3.05, 3.63) is 12.7 Å². The predicted molar refractivity (Wildman–Crippen MR) is 157 cm³/mol. The highest BCUT2D eigenvalue weighted by molar-refractivity contribution is 8.01. The Hall–Kier alpha value is -1.38. The number of rotatable bonds is 9. The van der Waals surface area contributed by atoms with E-state index in [2.05, 4.69) is 32.7 Å². The lowest BCUT2D eigenvalue weighted by Gasteiger charge is -2.61. The number of nitrogens with two attached hydrogens (primary N) is 1. The Morgan fingerprint density at radius 3 is 2.51 bits per heavy atom. The lowest BCUT2D eigenvalue weighted by Crippen LogP contribution is -2.63. The van der Waals surface area contributed by atoms with Gasteiger partial charge in [0.2, 0.25) is 5.91 Å². The fourth-order valence-electron chi connectivity index (χ4n) is 7.72. The van der Waals surface area contributed by atoms with Gasteiger partial charge in [0.1, 0.15) is 11.9 Å². The number of amides is 1. The monoisotopic (exact) mass is 564 g/mol. The third-order valence-electron chi connectivity index (χ3n) is 10.9. The van der Waals surface area contributed by atoms with Crippen LogP contribution in [0.25, 0.3) is 0 Å². The summed E-state index contributed by atoms with van der Waals surface area (Å²) in [5.74, 6) is -0.243. The van der Waals surface area contributed by atoms with Gasteiger partial charge in [-0.3, -0.25) is 14.4 Å². The molecule has 9 atom stereocenters. The van der Waals surface area contributed by atoms with Crippen LogP contribution in [-0.4, -0.2) is 58.1 Å². The first-order valence-corrected chi connectivity index (χ1v) is 15.6. The average Bonchev–Trinajstić information content (AvgIpc) is 3.24. The number of ether oxygens (including phenoxy) is 1. The Morgan fingerprint density at radius 1 is 1.28 bits per heavy atom. The number of carbonyl (C=O) groups excluding carboxylic acids is 3. The number of thioether (sulfide) groups is 1. The quantitative estimate of drug-likeness (QED) is 0.279. The lowest BCUT2D eigenvalue weighted by molar-refractivity contribution is -0.205. The molecule has 3 aliphatic carbocycles. The van der Waals surface area contributed by atoms with Crippen LogP contribution in [0.5, 0.6) is 0 Å². The van der Waals surface area contributed by atoms with Crippen LogP contribution in [0, 0.1) is 39.9 Å². The zero-order chi connectivity index (χ0) is 29.6. The molecule has 0 spiro atoms. The number of ketones is 1. The molecule has 3 fully saturated rings. The fraction of sp³-hybridized carbons (Fsp3) is 0.839. The molecular formula is C31H52N2O5S. The van der Waals surface area contributed by atoms with E-state index in [1.807, 2.05) is 40.7 Å². The molecule has 4 N–H and O–H groups in total. The summed E-state index contributed by atoms with van der Waals surface area (Å²) in [5.41, 5.74) is 4.49. The number of Topliss-reactive ketones (excluding diaryl/α,β-unsaturated/α-hetero) is 1. The molecule has 3 saturated carbocycles. The summed E-state index contributed by atoms with van der Waals surface area (Å²) >= 11 is 1.43. The van der Waals surface area contributed by atoms with Crippen molar-refractivity contribution in [3.8, 4) is 0 Å². The first-order chi connectivity index (χ1) is 17.9. The van der Waals surface area contributed by atoms with E-state index in [0.717, 1.165) is 19.3 Å². The molecule has 0 radical (unpaired) electrons. The Kier molecular flexibility index (Phi) is 9.46. The minimum Gasteiger partial charge on any atom is -0.461 e. The van der Waals surface area contributed by atoms with Crippen molar-refractivity contribution >= 4 is 29.4 Å². The van der Waals surface area contributed by atoms with E-state index in [4.69, 9.17) is 10.5 Å². The van der Waals surface area contributed by atoms with E-state index in [1.165, 1.54) is 11.8 Å². The summed E-state index contributed by atoms with van der Waals surface area (Å²) in [6, 6.07) is -0.573. The molecule has 3 aliphatic rings. The lowest BCUT2D eigenvalue weighted by atomic mass is 9.44. The van der Waals surface area contributed by atoms with E-state index in [-0.39, 0.29) is 52.5 Å². The molecule has 2 bridgehead atoms. The van der Waals surface area contributed by atoms with Gasteiger partial charge in [-0.05, 0) is 62.7 Å². The molecule has 0 heterocycles. The summed E-state index contributed by atoms with van der Waals surface area (Å²) in [4.78, 5) is 39.2. The summed E-state index contributed by atoms with van der Waals surface area (Å²) < 4.78 is 5.92. The molecule has 0 aromatic carbocycles. The van der Waals surface area contributed by atoms with Crippen molar-refractivity contribution in [2.45, 2.75) is 110 Å². The van der Waals surface area contributed by atoms with Crippen molar-refractivity contribution in [2.75, 3.05) is 12.3 Å². The van der Waals surface area contributed by atoms with Crippen molar-refractivity contribution in [1.82, 2.24) is 5.32 Å². The maximum absolute atomic E-state index is 13.5. The Bertz CT molecular complexity index is 969. The van der Waals surface area contributed by atoms with Crippen molar-refractivity contribution < 1.29 is 24.2 Å². The van der Waals surface area contributed by atoms with E-state index >= 15 is 0 Å². The van der Waals surface area contributed by atoms with E-state index < -0.39 is 33.8 Å². The smallest absolute Gasteiger partial charge is 0.316 e. The van der Waals surface area contributed by atoms with Gasteiger partial charge >= 0.3 is 5.97 Å². The van der Waals surface area contributed by atoms with Gasteiger partial charge in [0.25, 0.3) is 0 Å². The summed E-state index contributed by atoms with van der Waals surface area (Å²) in [6.07, 6.45) is 4.17. The number of hydrogen-bond acceptors (Lipinski definition) is 7. The van der Waals surface area contributed by atoms with Crippen LogP contribution in [-0.2, 0) is 19.1 Å². The fourth-order valence-corrected chi connectivity index (χ4v) is 8.47. The van der Waals surface area contributed by atoms with Crippen LogP contribution in [0.4, 0.5) is 0 Å². The molecule has 0 aromatic rings. The molecule has 0 aliphatic heterocycles. The Labute approximate surface area is 239 Å². The van der Waals surface area contributed by atoms with Gasteiger partial charge in [0.15, 0.2) is 0 Å². The SMILES string of the molecule is C=C[C@]1(C)C[C@@H](OC(=O)CSC(C)(C)CNC(=O)[C@H](N)C(C)C)C2(C)C(C)CC[C@]3(CCC(=O)[C@@H]23)[C@@H](C)[C@@H]1O. The second kappa shape index (κ2) is 11.5. The molecule has 39 heavy (non-hydrogen) atoms. The van der Waals surface area contributed by atoms with Gasteiger partial charge in [-0.2, -0.15) is 0 Å². The summed E-state index contributed by atoms with van der Waals surface area (Å²) in [5, 5.41) is 14.6. The molecule has 8 heteroatoms. The highest BCUT2D eigenvalue weighted by Gasteiger charge is 2.68. The highest BCUT2D eigenvalue weighted by atomic mass is 32.2. The standard InChI is InChI=1S/C31H52N2O5S/c1-10-29(8)15-22(38-23(35)16-39-28(6,7)17-33-27(37)24(32)18(2)3)30(9)19(4)11-13-31(20(5)26(29)36)14-12-21(34)25(30)31/h10,18-20,22,24-26,36H,1,11-17,32H2,2-9H3,(H,33,37)/t19?,20-,22+,24+,25-,26-,29+,30?,31-/m0/s1. The first-order valence-electron chi connectivity index (χ1n) is 14.7. The molecule has 0 aromatic heterocycles. The Morgan fingerprint density at radius 2 is 1.92 bits per heavy atom. The van der Waals surface area contributed by atoms with Crippen molar-refractivity contribution in [2.24, 2.45) is 45.7 Å². The van der Waals surface area contributed by atoms with Crippen LogP contribution in [0.2, 0.25) is 0 Å².